The van der Waals surface area contributed by atoms with Crippen LogP contribution in [-0.2, 0) is 9.53 Å². The smallest absolute Gasteiger partial charge is 0.225 e. The first-order valence-electron chi connectivity index (χ1n) is 6.57. The summed E-state index contributed by atoms with van der Waals surface area (Å²) in [6.45, 7) is 2.96. The van der Waals surface area contributed by atoms with E-state index in [0.29, 0.717) is 12.3 Å². The van der Waals surface area contributed by atoms with Crippen LogP contribution in [0.5, 0.6) is 0 Å². The molecule has 1 N–H and O–H groups in total. The van der Waals surface area contributed by atoms with Crippen molar-refractivity contribution in [3.8, 4) is 0 Å². The van der Waals surface area contributed by atoms with E-state index in [1.807, 2.05) is 4.90 Å². The van der Waals surface area contributed by atoms with E-state index in [2.05, 4.69) is 6.92 Å². The Labute approximate surface area is 103 Å². The highest BCUT2D eigenvalue weighted by Gasteiger charge is 2.42. The van der Waals surface area contributed by atoms with Gasteiger partial charge in [-0.15, -0.1) is 0 Å². The monoisotopic (exact) mass is 241 g/mol. The SMILES string of the molecule is COC1(CC(=O)N2CCC(C)C2CO)CCC1. The summed E-state index contributed by atoms with van der Waals surface area (Å²) in [5.74, 6) is 0.554. The fourth-order valence-corrected chi connectivity index (χ4v) is 3.00. The molecule has 1 saturated carbocycles. The fourth-order valence-electron chi connectivity index (χ4n) is 3.00. The van der Waals surface area contributed by atoms with Crippen LogP contribution in [0.2, 0.25) is 0 Å². The maximum absolute atomic E-state index is 12.3. The molecule has 1 heterocycles. The lowest BCUT2D eigenvalue weighted by molar-refractivity contribution is -0.145. The molecule has 1 aliphatic carbocycles. The number of methoxy groups -OCH3 is 1. The summed E-state index contributed by atoms with van der Waals surface area (Å²) in [6.07, 6.45) is 4.61. The molecule has 17 heavy (non-hydrogen) atoms. The number of carbonyl (C=O) groups is 1. The predicted molar refractivity (Wildman–Crippen MR) is 64.6 cm³/mol. The second kappa shape index (κ2) is 4.94. The van der Waals surface area contributed by atoms with Crippen molar-refractivity contribution in [2.75, 3.05) is 20.3 Å². The average molecular weight is 241 g/mol. The van der Waals surface area contributed by atoms with Gasteiger partial charge in [0.05, 0.1) is 24.7 Å². The third-order valence-corrected chi connectivity index (χ3v) is 4.56. The van der Waals surface area contributed by atoms with E-state index < -0.39 is 0 Å². The normalized spacial score (nSPS) is 31.4. The van der Waals surface area contributed by atoms with Crippen molar-refractivity contribution in [1.82, 2.24) is 4.90 Å². The van der Waals surface area contributed by atoms with Crippen molar-refractivity contribution >= 4 is 5.91 Å². The average Bonchev–Trinajstić information content (AvgIpc) is 2.64. The van der Waals surface area contributed by atoms with E-state index in [-0.39, 0.29) is 24.2 Å². The summed E-state index contributed by atoms with van der Waals surface area (Å²) in [4.78, 5) is 14.1. The maximum Gasteiger partial charge on any atom is 0.225 e. The summed E-state index contributed by atoms with van der Waals surface area (Å²) in [6, 6.07) is 0.0106. The molecule has 4 heteroatoms. The number of hydrogen-bond acceptors (Lipinski definition) is 3. The Morgan fingerprint density at radius 1 is 1.53 bits per heavy atom. The zero-order valence-corrected chi connectivity index (χ0v) is 10.8. The molecule has 0 aromatic carbocycles. The van der Waals surface area contributed by atoms with Gasteiger partial charge in [-0.3, -0.25) is 4.79 Å². The first-order chi connectivity index (χ1) is 8.12. The van der Waals surface area contributed by atoms with Gasteiger partial charge >= 0.3 is 0 Å². The number of likely N-dealkylation sites (tertiary alicyclic amines) is 1. The van der Waals surface area contributed by atoms with Crippen LogP contribution in [0.15, 0.2) is 0 Å². The zero-order valence-electron chi connectivity index (χ0n) is 10.8. The topological polar surface area (TPSA) is 49.8 Å². The molecule has 2 atom stereocenters. The van der Waals surface area contributed by atoms with Crippen LogP contribution in [-0.4, -0.2) is 47.8 Å². The molecule has 1 saturated heterocycles. The number of rotatable bonds is 4. The molecule has 4 nitrogen and oxygen atoms in total. The summed E-state index contributed by atoms with van der Waals surface area (Å²) in [5, 5.41) is 9.36. The Balaban J connectivity index is 1.95. The van der Waals surface area contributed by atoms with Gasteiger partial charge in [0.1, 0.15) is 0 Å². The van der Waals surface area contributed by atoms with E-state index in [1.165, 1.54) is 0 Å². The fraction of sp³-hybridized carbons (Fsp3) is 0.923. The van der Waals surface area contributed by atoms with Gasteiger partial charge in [-0.25, -0.2) is 0 Å². The predicted octanol–water partition coefficient (Wildman–Crippen LogP) is 1.17. The maximum atomic E-state index is 12.3. The molecule has 1 amide bonds. The molecule has 1 aliphatic heterocycles. The van der Waals surface area contributed by atoms with E-state index in [1.54, 1.807) is 7.11 Å². The molecule has 98 valence electrons. The van der Waals surface area contributed by atoms with Crippen LogP contribution >= 0.6 is 0 Å². The van der Waals surface area contributed by atoms with Crippen LogP contribution in [0.1, 0.15) is 39.0 Å². The molecule has 0 bridgehead atoms. The Hall–Kier alpha value is -0.610. The zero-order chi connectivity index (χ0) is 12.5. The second-order valence-electron chi connectivity index (χ2n) is 5.52. The molecule has 2 unspecified atom stereocenters. The molecular formula is C13H23NO3. The molecule has 2 fully saturated rings. The second-order valence-corrected chi connectivity index (χ2v) is 5.52. The van der Waals surface area contributed by atoms with Crippen LogP contribution in [0.25, 0.3) is 0 Å². The Morgan fingerprint density at radius 3 is 2.71 bits per heavy atom. The van der Waals surface area contributed by atoms with E-state index >= 15 is 0 Å². The van der Waals surface area contributed by atoms with Gasteiger partial charge in [0.25, 0.3) is 0 Å². The number of aliphatic hydroxyl groups excluding tert-OH is 1. The molecule has 2 aliphatic rings. The number of carbonyl (C=O) groups excluding carboxylic acids is 1. The number of aliphatic hydroxyl groups is 1. The summed E-state index contributed by atoms with van der Waals surface area (Å²) < 4.78 is 5.49. The standard InChI is InChI=1S/C13H23NO3/c1-10-4-7-14(11(10)9-15)12(16)8-13(17-2)5-3-6-13/h10-11,15H,3-9H2,1-2H3. The largest absolute Gasteiger partial charge is 0.394 e. The quantitative estimate of drug-likeness (QED) is 0.804. The van der Waals surface area contributed by atoms with Crippen LogP contribution in [0.4, 0.5) is 0 Å². The molecule has 0 spiro atoms. The van der Waals surface area contributed by atoms with Crippen LogP contribution in [0.3, 0.4) is 0 Å². The van der Waals surface area contributed by atoms with Gasteiger partial charge in [0, 0.05) is 13.7 Å². The van der Waals surface area contributed by atoms with Gasteiger partial charge in [0.15, 0.2) is 0 Å². The highest BCUT2D eigenvalue weighted by Crippen LogP contribution is 2.39. The van der Waals surface area contributed by atoms with Crippen molar-refractivity contribution in [1.29, 1.82) is 0 Å². The van der Waals surface area contributed by atoms with Gasteiger partial charge in [0.2, 0.25) is 5.91 Å². The van der Waals surface area contributed by atoms with Gasteiger partial charge in [-0.2, -0.15) is 0 Å². The number of nitrogens with zero attached hydrogens (tertiary/aromatic N) is 1. The first kappa shape index (κ1) is 12.8. The Morgan fingerprint density at radius 2 is 2.24 bits per heavy atom. The molecule has 0 radical (unpaired) electrons. The lowest BCUT2D eigenvalue weighted by Crippen LogP contribution is -2.47. The number of ether oxygens (including phenoxy) is 1. The van der Waals surface area contributed by atoms with Gasteiger partial charge in [-0.05, 0) is 31.6 Å². The van der Waals surface area contributed by atoms with E-state index in [9.17, 15) is 9.90 Å². The number of amides is 1. The minimum atomic E-state index is -0.205. The van der Waals surface area contributed by atoms with Crippen molar-refractivity contribution < 1.29 is 14.6 Å². The molecule has 0 aromatic rings. The third-order valence-electron chi connectivity index (χ3n) is 4.56. The minimum absolute atomic E-state index is 0.0106. The highest BCUT2D eigenvalue weighted by atomic mass is 16.5. The lowest BCUT2D eigenvalue weighted by atomic mass is 9.77. The summed E-state index contributed by atoms with van der Waals surface area (Å²) in [5.41, 5.74) is -0.205. The molecule has 0 aromatic heterocycles. The van der Waals surface area contributed by atoms with Gasteiger partial charge < -0.3 is 14.7 Å². The number of hydrogen-bond donors (Lipinski definition) is 1. The van der Waals surface area contributed by atoms with Crippen molar-refractivity contribution in [3.63, 3.8) is 0 Å². The third kappa shape index (κ3) is 2.33. The van der Waals surface area contributed by atoms with Gasteiger partial charge in [-0.1, -0.05) is 6.92 Å². The lowest BCUT2D eigenvalue weighted by Gasteiger charge is -2.41. The summed E-state index contributed by atoms with van der Waals surface area (Å²) >= 11 is 0. The van der Waals surface area contributed by atoms with Crippen molar-refractivity contribution in [3.05, 3.63) is 0 Å². The Kier molecular flexibility index (Phi) is 3.73. The van der Waals surface area contributed by atoms with E-state index in [4.69, 9.17) is 4.74 Å². The summed E-state index contributed by atoms with van der Waals surface area (Å²) in [7, 11) is 1.70. The van der Waals surface area contributed by atoms with Crippen molar-refractivity contribution in [2.24, 2.45) is 5.92 Å². The minimum Gasteiger partial charge on any atom is -0.394 e. The molecule has 2 rings (SSSR count). The van der Waals surface area contributed by atoms with Crippen LogP contribution in [0, 0.1) is 5.92 Å². The van der Waals surface area contributed by atoms with Crippen LogP contribution < -0.4 is 0 Å². The first-order valence-corrected chi connectivity index (χ1v) is 6.57. The molecular weight excluding hydrogens is 218 g/mol. The highest BCUT2D eigenvalue weighted by molar-refractivity contribution is 5.78. The Bertz CT molecular complexity index is 283. The van der Waals surface area contributed by atoms with E-state index in [0.717, 1.165) is 32.2 Å². The van der Waals surface area contributed by atoms with Crippen molar-refractivity contribution in [2.45, 2.75) is 50.7 Å².